The topological polar surface area (TPSA) is 34.1 Å². The predicted molar refractivity (Wildman–Crippen MR) is 56.9 cm³/mol. The minimum absolute atomic E-state index is 0.271. The van der Waals surface area contributed by atoms with Crippen molar-refractivity contribution in [1.82, 2.24) is 0 Å². The summed E-state index contributed by atoms with van der Waals surface area (Å²) in [6, 6.07) is 0. The van der Waals surface area contributed by atoms with Crippen LogP contribution in [0.15, 0.2) is 0 Å². The SMILES string of the molecule is CC(CCl)CSCCS(C)(=O)=O. The predicted octanol–water partition coefficient (Wildman–Crippen LogP) is 1.64. The summed E-state index contributed by atoms with van der Waals surface area (Å²) < 4.78 is 21.4. The van der Waals surface area contributed by atoms with E-state index in [-0.39, 0.29) is 5.75 Å². The zero-order chi connectivity index (χ0) is 9.61. The molecule has 0 aromatic carbocycles. The van der Waals surface area contributed by atoms with Crippen molar-refractivity contribution in [1.29, 1.82) is 0 Å². The molecule has 5 heteroatoms. The van der Waals surface area contributed by atoms with Crippen molar-refractivity contribution >= 4 is 33.2 Å². The van der Waals surface area contributed by atoms with Gasteiger partial charge >= 0.3 is 0 Å². The Morgan fingerprint density at radius 3 is 2.50 bits per heavy atom. The van der Waals surface area contributed by atoms with Gasteiger partial charge in [0.25, 0.3) is 0 Å². The standard InChI is InChI=1S/C7H15ClO2S2/c1-7(5-8)6-11-3-4-12(2,9)10/h7H,3-6H2,1-2H3. The lowest BCUT2D eigenvalue weighted by molar-refractivity contribution is 0.603. The molecule has 0 spiro atoms. The molecule has 0 rings (SSSR count). The van der Waals surface area contributed by atoms with E-state index in [1.807, 2.05) is 0 Å². The first-order chi connectivity index (χ1) is 5.45. The van der Waals surface area contributed by atoms with Crippen LogP contribution in [0.3, 0.4) is 0 Å². The molecule has 0 N–H and O–H groups in total. The normalized spacial score (nSPS) is 14.6. The maximum atomic E-state index is 10.7. The van der Waals surface area contributed by atoms with Gasteiger partial charge in [-0.2, -0.15) is 11.8 Å². The Morgan fingerprint density at radius 1 is 1.50 bits per heavy atom. The van der Waals surface area contributed by atoms with Gasteiger partial charge in [0, 0.05) is 17.9 Å². The van der Waals surface area contributed by atoms with Crippen LogP contribution in [-0.2, 0) is 9.84 Å². The number of alkyl halides is 1. The summed E-state index contributed by atoms with van der Waals surface area (Å²) in [5, 5.41) is 0. The summed E-state index contributed by atoms with van der Waals surface area (Å²) in [5.74, 6) is 3.01. The highest BCUT2D eigenvalue weighted by molar-refractivity contribution is 8.00. The second-order valence-corrected chi connectivity index (χ2v) is 6.68. The summed E-state index contributed by atoms with van der Waals surface area (Å²) in [7, 11) is -2.78. The number of halogens is 1. The Kier molecular flexibility index (Phi) is 6.41. The Labute approximate surface area is 84.0 Å². The van der Waals surface area contributed by atoms with Crippen LogP contribution >= 0.6 is 23.4 Å². The van der Waals surface area contributed by atoms with E-state index in [4.69, 9.17) is 11.6 Å². The van der Waals surface area contributed by atoms with Crippen LogP contribution in [0.5, 0.6) is 0 Å². The highest BCUT2D eigenvalue weighted by Gasteiger charge is 2.03. The fourth-order valence-electron chi connectivity index (χ4n) is 0.539. The zero-order valence-electron chi connectivity index (χ0n) is 7.42. The number of rotatable bonds is 6. The van der Waals surface area contributed by atoms with E-state index in [0.717, 1.165) is 5.75 Å². The maximum absolute atomic E-state index is 10.7. The monoisotopic (exact) mass is 230 g/mol. The molecule has 0 fully saturated rings. The maximum Gasteiger partial charge on any atom is 0.148 e. The van der Waals surface area contributed by atoms with Crippen LogP contribution in [0.2, 0.25) is 0 Å². The van der Waals surface area contributed by atoms with E-state index < -0.39 is 9.84 Å². The highest BCUT2D eigenvalue weighted by atomic mass is 35.5. The van der Waals surface area contributed by atoms with Gasteiger partial charge in [-0.25, -0.2) is 8.42 Å². The molecule has 12 heavy (non-hydrogen) atoms. The number of hydrogen-bond acceptors (Lipinski definition) is 3. The number of hydrogen-bond donors (Lipinski definition) is 0. The molecule has 0 aliphatic rings. The molecule has 1 unspecified atom stereocenters. The first-order valence-electron chi connectivity index (χ1n) is 3.77. The van der Waals surface area contributed by atoms with Gasteiger partial charge in [-0.15, -0.1) is 11.6 Å². The van der Waals surface area contributed by atoms with Crippen molar-refractivity contribution < 1.29 is 8.42 Å². The van der Waals surface area contributed by atoms with Gasteiger partial charge in [0.1, 0.15) is 9.84 Å². The average Bonchev–Trinajstić information content (AvgIpc) is 1.96. The fraction of sp³-hybridized carbons (Fsp3) is 1.00. The molecule has 0 aromatic rings. The minimum Gasteiger partial charge on any atom is -0.229 e. The molecule has 74 valence electrons. The molecule has 0 heterocycles. The minimum atomic E-state index is -2.78. The van der Waals surface area contributed by atoms with Crippen molar-refractivity contribution in [2.45, 2.75) is 6.92 Å². The third kappa shape index (κ3) is 8.68. The largest absolute Gasteiger partial charge is 0.229 e. The van der Waals surface area contributed by atoms with E-state index >= 15 is 0 Å². The molecule has 1 atom stereocenters. The molecule has 0 saturated carbocycles. The summed E-state index contributed by atoms with van der Waals surface area (Å²) in [6.07, 6.45) is 1.26. The molecule has 2 nitrogen and oxygen atoms in total. The smallest absolute Gasteiger partial charge is 0.148 e. The van der Waals surface area contributed by atoms with Gasteiger partial charge < -0.3 is 0 Å². The first kappa shape index (κ1) is 12.6. The van der Waals surface area contributed by atoms with Crippen molar-refractivity contribution in [3.63, 3.8) is 0 Å². The van der Waals surface area contributed by atoms with Gasteiger partial charge in [0.2, 0.25) is 0 Å². The zero-order valence-corrected chi connectivity index (χ0v) is 9.81. The lowest BCUT2D eigenvalue weighted by atomic mass is 10.3. The van der Waals surface area contributed by atoms with Gasteiger partial charge in [0.15, 0.2) is 0 Å². The summed E-state index contributed by atoms with van der Waals surface area (Å²) in [5.41, 5.74) is 0. The Bertz CT molecular complexity index is 201. The summed E-state index contributed by atoms with van der Waals surface area (Å²) >= 11 is 7.24. The van der Waals surface area contributed by atoms with Crippen LogP contribution in [-0.4, -0.2) is 37.8 Å². The summed E-state index contributed by atoms with van der Waals surface area (Å²) in [4.78, 5) is 0. The molecular formula is C7H15ClO2S2. The quantitative estimate of drug-likeness (QED) is 0.514. The van der Waals surface area contributed by atoms with E-state index in [1.54, 1.807) is 11.8 Å². The van der Waals surface area contributed by atoms with E-state index in [1.165, 1.54) is 6.26 Å². The molecule has 0 aliphatic heterocycles. The van der Waals surface area contributed by atoms with E-state index in [0.29, 0.717) is 17.6 Å². The lowest BCUT2D eigenvalue weighted by Crippen LogP contribution is -2.07. The van der Waals surface area contributed by atoms with Crippen molar-refractivity contribution in [2.75, 3.05) is 29.4 Å². The third-order valence-corrected chi connectivity index (χ3v) is 4.29. The molecule has 0 bridgehead atoms. The second-order valence-electron chi connectivity index (χ2n) is 2.96. The second kappa shape index (κ2) is 6.11. The van der Waals surface area contributed by atoms with Crippen LogP contribution in [0, 0.1) is 5.92 Å². The van der Waals surface area contributed by atoms with Crippen molar-refractivity contribution in [3.05, 3.63) is 0 Å². The highest BCUT2D eigenvalue weighted by Crippen LogP contribution is 2.09. The Hall–Kier alpha value is 0.590. The van der Waals surface area contributed by atoms with Gasteiger partial charge in [-0.3, -0.25) is 0 Å². The molecular weight excluding hydrogens is 216 g/mol. The van der Waals surface area contributed by atoms with Crippen LogP contribution in [0.1, 0.15) is 6.92 Å². The molecule has 0 aromatic heterocycles. The van der Waals surface area contributed by atoms with E-state index in [9.17, 15) is 8.42 Å². The first-order valence-corrected chi connectivity index (χ1v) is 7.52. The summed E-state index contributed by atoms with van der Waals surface area (Å²) in [6.45, 7) is 2.06. The molecule has 0 amide bonds. The fourth-order valence-corrected chi connectivity index (χ4v) is 3.15. The molecule has 0 radical (unpaired) electrons. The van der Waals surface area contributed by atoms with Gasteiger partial charge in [-0.1, -0.05) is 6.92 Å². The van der Waals surface area contributed by atoms with Crippen LogP contribution in [0.25, 0.3) is 0 Å². The molecule has 0 aliphatic carbocycles. The van der Waals surface area contributed by atoms with E-state index in [2.05, 4.69) is 6.92 Å². The third-order valence-electron chi connectivity index (χ3n) is 1.26. The number of thioether (sulfide) groups is 1. The van der Waals surface area contributed by atoms with Crippen LogP contribution in [0.4, 0.5) is 0 Å². The van der Waals surface area contributed by atoms with Crippen molar-refractivity contribution in [2.24, 2.45) is 5.92 Å². The van der Waals surface area contributed by atoms with Gasteiger partial charge in [0.05, 0.1) is 5.75 Å². The van der Waals surface area contributed by atoms with Gasteiger partial charge in [-0.05, 0) is 11.7 Å². The average molecular weight is 231 g/mol. The Balaban J connectivity index is 3.34. The lowest BCUT2D eigenvalue weighted by Gasteiger charge is -2.05. The Morgan fingerprint density at radius 2 is 2.08 bits per heavy atom. The molecule has 0 saturated heterocycles. The number of sulfone groups is 1. The van der Waals surface area contributed by atoms with Crippen molar-refractivity contribution in [3.8, 4) is 0 Å². The van der Waals surface area contributed by atoms with Crippen LogP contribution < -0.4 is 0 Å².